The van der Waals surface area contributed by atoms with Gasteiger partial charge in [-0.25, -0.2) is 0 Å². The van der Waals surface area contributed by atoms with Gasteiger partial charge in [-0.15, -0.1) is 0 Å². The summed E-state index contributed by atoms with van der Waals surface area (Å²) in [6.07, 6.45) is 15.8. The largest absolute Gasteiger partial charge is 0.0654 e. The summed E-state index contributed by atoms with van der Waals surface area (Å²) in [5.74, 6) is 1.11. The fourth-order valence-corrected chi connectivity index (χ4v) is 2.99. The highest BCUT2D eigenvalue weighted by Crippen LogP contribution is 2.27. The van der Waals surface area contributed by atoms with Crippen LogP contribution in [0.1, 0.15) is 83.6 Å². The van der Waals surface area contributed by atoms with E-state index in [9.17, 15) is 0 Å². The van der Waals surface area contributed by atoms with E-state index in [0.717, 1.165) is 5.92 Å². The average Bonchev–Trinajstić information content (AvgIpc) is 2.53. The Morgan fingerprint density at radius 1 is 0.850 bits per heavy atom. The van der Waals surface area contributed by atoms with Crippen molar-refractivity contribution in [3.8, 4) is 0 Å². The molecule has 0 bridgehead atoms. The summed E-state index contributed by atoms with van der Waals surface area (Å²) in [4.78, 5) is 0. The number of aryl methyl sites for hydroxylation is 1. The summed E-state index contributed by atoms with van der Waals surface area (Å²) in [5.41, 5.74) is 1.46. The quantitative estimate of drug-likeness (QED) is 0.536. The van der Waals surface area contributed by atoms with Crippen LogP contribution in [-0.2, 0) is 6.42 Å². The molecule has 0 aromatic heterocycles. The van der Waals surface area contributed by atoms with Crippen molar-refractivity contribution in [3.05, 3.63) is 35.9 Å². The third-order valence-electron chi connectivity index (χ3n) is 4.35. The molecule has 1 aliphatic rings. The Morgan fingerprint density at radius 3 is 2.10 bits per heavy atom. The summed E-state index contributed by atoms with van der Waals surface area (Å²) >= 11 is 0. The Labute approximate surface area is 127 Å². The molecule has 0 saturated heterocycles. The maximum absolute atomic E-state index is 2.29. The number of benzene rings is 1. The lowest BCUT2D eigenvalue weighted by molar-refractivity contribution is 0.331. The van der Waals surface area contributed by atoms with Crippen molar-refractivity contribution in [1.82, 2.24) is 0 Å². The van der Waals surface area contributed by atoms with Gasteiger partial charge in [0.2, 0.25) is 0 Å². The van der Waals surface area contributed by atoms with Gasteiger partial charge in [0.15, 0.2) is 0 Å². The van der Waals surface area contributed by atoms with E-state index < -0.39 is 0 Å². The van der Waals surface area contributed by atoms with Crippen molar-refractivity contribution in [3.63, 3.8) is 0 Å². The average molecular weight is 274 g/mol. The SMILES string of the molecule is CCCCC1CCCCC1.CCCCc1ccccc1. The molecule has 0 aliphatic heterocycles. The van der Waals surface area contributed by atoms with Gasteiger partial charge in [0.05, 0.1) is 0 Å². The molecule has 0 N–H and O–H groups in total. The molecule has 0 radical (unpaired) electrons. The van der Waals surface area contributed by atoms with E-state index in [-0.39, 0.29) is 0 Å². The zero-order valence-corrected chi connectivity index (χ0v) is 13.7. The maximum atomic E-state index is 2.29. The minimum absolute atomic E-state index is 1.11. The Morgan fingerprint density at radius 2 is 1.50 bits per heavy atom. The topological polar surface area (TPSA) is 0 Å². The van der Waals surface area contributed by atoms with Crippen LogP contribution in [0, 0.1) is 5.92 Å². The lowest BCUT2D eigenvalue weighted by Gasteiger charge is -2.20. The summed E-state index contributed by atoms with van der Waals surface area (Å²) < 4.78 is 0. The van der Waals surface area contributed by atoms with E-state index in [4.69, 9.17) is 0 Å². The Kier molecular flexibility index (Phi) is 10.4. The normalized spacial score (nSPS) is 15.5. The third kappa shape index (κ3) is 8.40. The second-order valence-electron chi connectivity index (χ2n) is 6.24. The van der Waals surface area contributed by atoms with Crippen molar-refractivity contribution in [2.24, 2.45) is 5.92 Å². The van der Waals surface area contributed by atoms with Crippen LogP contribution in [0.25, 0.3) is 0 Å². The second kappa shape index (κ2) is 12.0. The molecule has 20 heavy (non-hydrogen) atoms. The van der Waals surface area contributed by atoms with Crippen molar-refractivity contribution in [2.75, 3.05) is 0 Å². The molecule has 1 saturated carbocycles. The number of unbranched alkanes of at least 4 members (excludes halogenated alkanes) is 2. The van der Waals surface area contributed by atoms with E-state index in [2.05, 4.69) is 44.2 Å². The van der Waals surface area contributed by atoms with Gasteiger partial charge in [0.1, 0.15) is 0 Å². The van der Waals surface area contributed by atoms with Crippen molar-refractivity contribution >= 4 is 0 Å². The second-order valence-corrected chi connectivity index (χ2v) is 6.24. The molecule has 1 fully saturated rings. The van der Waals surface area contributed by atoms with Gasteiger partial charge in [0.25, 0.3) is 0 Å². The van der Waals surface area contributed by atoms with E-state index in [1.807, 2.05) is 0 Å². The van der Waals surface area contributed by atoms with Crippen LogP contribution in [0.2, 0.25) is 0 Å². The first-order chi connectivity index (χ1) is 9.86. The molecule has 1 aromatic rings. The van der Waals surface area contributed by atoms with Crippen molar-refractivity contribution in [2.45, 2.75) is 84.5 Å². The van der Waals surface area contributed by atoms with Gasteiger partial charge >= 0.3 is 0 Å². The molecule has 0 amide bonds. The molecular formula is C20H34. The first-order valence-electron chi connectivity index (χ1n) is 8.90. The summed E-state index contributed by atoms with van der Waals surface area (Å²) in [6, 6.07) is 10.6. The predicted octanol–water partition coefficient (Wildman–Crippen LogP) is 6.79. The maximum Gasteiger partial charge on any atom is -0.0279 e. The van der Waals surface area contributed by atoms with E-state index in [1.165, 1.54) is 76.2 Å². The Balaban J connectivity index is 0.000000200. The lowest BCUT2D eigenvalue weighted by Crippen LogP contribution is -2.05. The molecule has 0 heterocycles. The van der Waals surface area contributed by atoms with Crippen LogP contribution < -0.4 is 0 Å². The van der Waals surface area contributed by atoms with E-state index in [1.54, 1.807) is 0 Å². The van der Waals surface area contributed by atoms with Gasteiger partial charge in [0, 0.05) is 0 Å². The highest BCUT2D eigenvalue weighted by atomic mass is 14.2. The number of rotatable bonds is 6. The van der Waals surface area contributed by atoms with E-state index >= 15 is 0 Å². The summed E-state index contributed by atoms with van der Waals surface area (Å²) in [5, 5.41) is 0. The lowest BCUT2D eigenvalue weighted by atomic mass is 9.86. The standard InChI is InChI=1S/C10H20.C10H14/c2*1-2-3-7-10-8-5-4-6-9-10/h10H,2-9H2,1H3;4-6,8-9H,2-3,7H2,1H3. The fraction of sp³-hybridized carbons (Fsp3) is 0.700. The molecule has 0 spiro atoms. The van der Waals surface area contributed by atoms with Gasteiger partial charge in [-0.2, -0.15) is 0 Å². The van der Waals surface area contributed by atoms with Crippen LogP contribution in [0.3, 0.4) is 0 Å². The first-order valence-corrected chi connectivity index (χ1v) is 8.90. The van der Waals surface area contributed by atoms with Crippen LogP contribution in [0.4, 0.5) is 0 Å². The molecule has 0 nitrogen and oxygen atoms in total. The van der Waals surface area contributed by atoms with Crippen LogP contribution >= 0.6 is 0 Å². The van der Waals surface area contributed by atoms with E-state index in [0.29, 0.717) is 0 Å². The van der Waals surface area contributed by atoms with Crippen molar-refractivity contribution < 1.29 is 0 Å². The fourth-order valence-electron chi connectivity index (χ4n) is 2.99. The first kappa shape index (κ1) is 17.3. The predicted molar refractivity (Wildman–Crippen MR) is 91.2 cm³/mol. The van der Waals surface area contributed by atoms with Crippen LogP contribution in [0.15, 0.2) is 30.3 Å². The molecule has 1 aromatic carbocycles. The zero-order chi connectivity index (χ0) is 14.5. The smallest absolute Gasteiger partial charge is 0.0279 e. The van der Waals surface area contributed by atoms with Crippen LogP contribution in [-0.4, -0.2) is 0 Å². The minimum Gasteiger partial charge on any atom is -0.0654 e. The molecule has 2 rings (SSSR count). The summed E-state index contributed by atoms with van der Waals surface area (Å²) in [7, 11) is 0. The Hall–Kier alpha value is -0.780. The molecule has 0 unspecified atom stereocenters. The molecule has 0 atom stereocenters. The van der Waals surface area contributed by atoms with Crippen molar-refractivity contribution in [1.29, 1.82) is 0 Å². The molecular weight excluding hydrogens is 240 g/mol. The molecule has 1 aliphatic carbocycles. The molecule has 114 valence electrons. The third-order valence-corrected chi connectivity index (χ3v) is 4.35. The highest BCUT2D eigenvalue weighted by molar-refractivity contribution is 5.14. The minimum atomic E-state index is 1.11. The molecule has 0 heteroatoms. The van der Waals surface area contributed by atoms with Gasteiger partial charge in [-0.3, -0.25) is 0 Å². The summed E-state index contributed by atoms with van der Waals surface area (Å²) in [6.45, 7) is 4.52. The van der Waals surface area contributed by atoms with Crippen LogP contribution in [0.5, 0.6) is 0 Å². The highest BCUT2D eigenvalue weighted by Gasteiger charge is 2.11. The zero-order valence-electron chi connectivity index (χ0n) is 13.7. The monoisotopic (exact) mass is 274 g/mol. The van der Waals surface area contributed by atoms with Gasteiger partial charge < -0.3 is 0 Å². The Bertz CT molecular complexity index is 295. The number of hydrogen-bond acceptors (Lipinski definition) is 0. The number of hydrogen-bond donors (Lipinski definition) is 0. The van der Waals surface area contributed by atoms with Gasteiger partial charge in [-0.05, 0) is 24.3 Å². The van der Waals surface area contributed by atoms with Gasteiger partial charge in [-0.1, -0.05) is 102 Å².